The van der Waals surface area contributed by atoms with Crippen molar-refractivity contribution in [2.45, 2.75) is 19.9 Å². The fourth-order valence-electron chi connectivity index (χ4n) is 2.31. The summed E-state index contributed by atoms with van der Waals surface area (Å²) in [5, 5.41) is 4.67. The van der Waals surface area contributed by atoms with E-state index in [1.54, 1.807) is 36.7 Å². The van der Waals surface area contributed by atoms with Crippen molar-refractivity contribution in [3.63, 3.8) is 0 Å². The van der Waals surface area contributed by atoms with Crippen LogP contribution in [0.25, 0.3) is 0 Å². The molecule has 3 rings (SSSR count). The average molecular weight is 387 g/mol. The minimum atomic E-state index is -0.460. The first kappa shape index (κ1) is 18.6. The van der Waals surface area contributed by atoms with Crippen LogP contribution in [0.5, 0.6) is 0 Å². The second-order valence-electron chi connectivity index (χ2n) is 5.51. The highest BCUT2D eigenvalue weighted by Crippen LogP contribution is 2.18. The molecule has 0 aliphatic carbocycles. The second-order valence-corrected chi connectivity index (χ2v) is 6.37. The standard InChI is InChI=1S/C18H17N3O5S/c1-2-25-16(23)9-12-11-27-18(19-12)20-17(24)14-7-6-13(26-14)10-21-8-4-3-5-15(21)22/h3-8,11H,2,9-10H2,1H3,(H,19,20,24). The summed E-state index contributed by atoms with van der Waals surface area (Å²) in [6, 6.07) is 8.03. The van der Waals surface area contributed by atoms with Crippen LogP contribution in [0.1, 0.15) is 28.9 Å². The van der Waals surface area contributed by atoms with Crippen LogP contribution in [0, 0.1) is 0 Å². The molecule has 3 aromatic rings. The molecule has 9 heteroatoms. The van der Waals surface area contributed by atoms with Gasteiger partial charge in [0.1, 0.15) is 5.76 Å². The molecule has 1 amide bonds. The number of hydrogen-bond acceptors (Lipinski definition) is 7. The Morgan fingerprint density at radius 1 is 1.30 bits per heavy atom. The smallest absolute Gasteiger partial charge is 0.311 e. The summed E-state index contributed by atoms with van der Waals surface area (Å²) in [4.78, 5) is 39.7. The number of hydrogen-bond donors (Lipinski definition) is 1. The Bertz CT molecular complexity index is 1000. The van der Waals surface area contributed by atoms with Crippen LogP contribution in [0.3, 0.4) is 0 Å². The summed E-state index contributed by atoms with van der Waals surface area (Å²) in [5.74, 6) is -0.238. The molecule has 8 nitrogen and oxygen atoms in total. The van der Waals surface area contributed by atoms with Crippen molar-refractivity contribution in [2.24, 2.45) is 0 Å². The summed E-state index contributed by atoms with van der Waals surface area (Å²) in [6.07, 6.45) is 1.70. The maximum Gasteiger partial charge on any atom is 0.311 e. The van der Waals surface area contributed by atoms with Gasteiger partial charge in [-0.3, -0.25) is 19.7 Å². The van der Waals surface area contributed by atoms with Gasteiger partial charge in [0.25, 0.3) is 11.5 Å². The fraction of sp³-hybridized carbons (Fsp3) is 0.222. The van der Waals surface area contributed by atoms with Crippen molar-refractivity contribution in [2.75, 3.05) is 11.9 Å². The number of pyridine rings is 1. The molecule has 0 saturated carbocycles. The van der Waals surface area contributed by atoms with Gasteiger partial charge in [0, 0.05) is 17.6 Å². The van der Waals surface area contributed by atoms with Gasteiger partial charge >= 0.3 is 5.97 Å². The van der Waals surface area contributed by atoms with Crippen LogP contribution in [0.4, 0.5) is 5.13 Å². The van der Waals surface area contributed by atoms with E-state index in [0.29, 0.717) is 23.2 Å². The summed E-state index contributed by atoms with van der Waals surface area (Å²) >= 11 is 1.21. The average Bonchev–Trinajstić information content (AvgIpc) is 3.27. The monoisotopic (exact) mass is 387 g/mol. The van der Waals surface area contributed by atoms with E-state index in [4.69, 9.17) is 9.15 Å². The van der Waals surface area contributed by atoms with Crippen molar-refractivity contribution in [1.82, 2.24) is 9.55 Å². The van der Waals surface area contributed by atoms with E-state index in [2.05, 4.69) is 10.3 Å². The number of aromatic nitrogens is 2. The number of nitrogens with one attached hydrogen (secondary N) is 1. The molecule has 140 valence electrons. The predicted molar refractivity (Wildman–Crippen MR) is 98.9 cm³/mol. The number of anilines is 1. The number of rotatable bonds is 7. The van der Waals surface area contributed by atoms with E-state index in [9.17, 15) is 14.4 Å². The highest BCUT2D eigenvalue weighted by molar-refractivity contribution is 7.14. The highest BCUT2D eigenvalue weighted by Gasteiger charge is 2.15. The van der Waals surface area contributed by atoms with E-state index in [0.717, 1.165) is 0 Å². The first-order chi connectivity index (χ1) is 13.0. The molecule has 0 aliphatic heterocycles. The summed E-state index contributed by atoms with van der Waals surface area (Å²) < 4.78 is 11.9. The first-order valence-electron chi connectivity index (χ1n) is 8.20. The molecule has 0 fully saturated rings. The number of nitrogens with zero attached hydrogens (tertiary/aromatic N) is 2. The zero-order valence-corrected chi connectivity index (χ0v) is 15.3. The lowest BCUT2D eigenvalue weighted by Gasteiger charge is -2.02. The number of carbonyl (C=O) groups is 2. The van der Waals surface area contributed by atoms with Gasteiger partial charge in [-0.1, -0.05) is 6.07 Å². The van der Waals surface area contributed by atoms with E-state index >= 15 is 0 Å². The molecular weight excluding hydrogens is 370 g/mol. The molecular formula is C18H17N3O5S. The Morgan fingerprint density at radius 3 is 2.93 bits per heavy atom. The van der Waals surface area contributed by atoms with Gasteiger partial charge in [0.2, 0.25) is 0 Å². The van der Waals surface area contributed by atoms with Crippen LogP contribution >= 0.6 is 11.3 Å². The van der Waals surface area contributed by atoms with E-state index in [1.807, 2.05) is 0 Å². The normalized spacial score (nSPS) is 10.6. The molecule has 3 heterocycles. The van der Waals surface area contributed by atoms with Gasteiger partial charge in [-0.15, -0.1) is 11.3 Å². The largest absolute Gasteiger partial charge is 0.466 e. The molecule has 1 N–H and O–H groups in total. The molecule has 0 aliphatic rings. The number of esters is 1. The van der Waals surface area contributed by atoms with Crippen molar-refractivity contribution in [1.29, 1.82) is 0 Å². The second kappa shape index (κ2) is 8.45. The van der Waals surface area contributed by atoms with Crippen molar-refractivity contribution >= 4 is 28.3 Å². The van der Waals surface area contributed by atoms with Crippen molar-refractivity contribution in [3.8, 4) is 0 Å². The molecule has 0 unspecified atom stereocenters. The SMILES string of the molecule is CCOC(=O)Cc1csc(NC(=O)c2ccc(Cn3ccccc3=O)o2)n1. The number of ether oxygens (including phenoxy) is 1. The van der Waals surface area contributed by atoms with Gasteiger partial charge < -0.3 is 13.7 Å². The lowest BCUT2D eigenvalue weighted by molar-refractivity contribution is -0.142. The predicted octanol–water partition coefficient (Wildman–Crippen LogP) is 2.30. The molecule has 0 atom stereocenters. The molecule has 3 aromatic heterocycles. The fourth-order valence-corrected chi connectivity index (χ4v) is 3.01. The van der Waals surface area contributed by atoms with Crippen molar-refractivity contribution < 1.29 is 18.7 Å². The molecule has 0 saturated heterocycles. The lowest BCUT2D eigenvalue weighted by atomic mass is 10.3. The van der Waals surface area contributed by atoms with Gasteiger partial charge in [-0.05, 0) is 25.1 Å². The van der Waals surface area contributed by atoms with Crippen LogP contribution in [0.2, 0.25) is 0 Å². The van der Waals surface area contributed by atoms with Crippen LogP contribution < -0.4 is 10.9 Å². The van der Waals surface area contributed by atoms with Crippen LogP contribution in [0.15, 0.2) is 51.1 Å². The van der Waals surface area contributed by atoms with Gasteiger partial charge in [0.15, 0.2) is 10.9 Å². The van der Waals surface area contributed by atoms with Crippen LogP contribution in [-0.2, 0) is 22.5 Å². The first-order valence-corrected chi connectivity index (χ1v) is 9.08. The third-order valence-electron chi connectivity index (χ3n) is 3.51. The number of thiazole rings is 1. The summed E-state index contributed by atoms with van der Waals surface area (Å²) in [5.41, 5.74) is 0.370. The number of furan rings is 1. The summed E-state index contributed by atoms with van der Waals surface area (Å²) in [6.45, 7) is 2.27. The van der Waals surface area contributed by atoms with Crippen LogP contribution in [-0.4, -0.2) is 28.0 Å². The Morgan fingerprint density at radius 2 is 2.15 bits per heavy atom. The molecule has 0 aromatic carbocycles. The van der Waals surface area contributed by atoms with Gasteiger partial charge in [-0.2, -0.15) is 0 Å². The minimum absolute atomic E-state index is 0.0525. The lowest BCUT2D eigenvalue weighted by Crippen LogP contribution is -2.18. The van der Waals surface area contributed by atoms with E-state index in [-0.39, 0.29) is 30.3 Å². The molecule has 0 radical (unpaired) electrons. The quantitative estimate of drug-likeness (QED) is 0.624. The summed E-state index contributed by atoms with van der Waals surface area (Å²) in [7, 11) is 0. The highest BCUT2D eigenvalue weighted by atomic mass is 32.1. The Hall–Kier alpha value is -3.20. The Balaban J connectivity index is 1.61. The maximum atomic E-state index is 12.3. The zero-order chi connectivity index (χ0) is 19.2. The Kier molecular flexibility index (Phi) is 5.82. The zero-order valence-electron chi connectivity index (χ0n) is 14.5. The van der Waals surface area contributed by atoms with Gasteiger partial charge in [0.05, 0.1) is 25.3 Å². The topological polar surface area (TPSA) is 103 Å². The third kappa shape index (κ3) is 4.91. The molecule has 0 bridgehead atoms. The third-order valence-corrected chi connectivity index (χ3v) is 4.32. The van der Waals surface area contributed by atoms with E-state index < -0.39 is 5.91 Å². The molecule has 0 spiro atoms. The Labute approximate surface area is 158 Å². The number of amides is 1. The van der Waals surface area contributed by atoms with Gasteiger partial charge in [-0.25, -0.2) is 4.98 Å². The number of carbonyl (C=O) groups excluding carboxylic acids is 2. The maximum absolute atomic E-state index is 12.3. The minimum Gasteiger partial charge on any atom is -0.466 e. The van der Waals surface area contributed by atoms with E-state index in [1.165, 1.54) is 28.0 Å². The van der Waals surface area contributed by atoms with Crippen molar-refractivity contribution in [3.05, 3.63) is 69.5 Å². The molecule has 27 heavy (non-hydrogen) atoms.